The van der Waals surface area contributed by atoms with E-state index in [-0.39, 0.29) is 4.90 Å². The standard InChI is InChI=1S/C22H32O3S/c1-3-5-7-9-12-18-14-11-15-19-17-22(26(23,24)25)20(16-21(18)19)13-10-8-6-4-2/h11,14-17H,3-10,12-13H2,1-2H3,(H,23,24,25). The van der Waals surface area contributed by atoms with Crippen LogP contribution in [0.4, 0.5) is 0 Å². The van der Waals surface area contributed by atoms with Crippen LogP contribution in [0.2, 0.25) is 0 Å². The van der Waals surface area contributed by atoms with Crippen molar-refractivity contribution in [2.75, 3.05) is 0 Å². The monoisotopic (exact) mass is 376 g/mol. The van der Waals surface area contributed by atoms with Gasteiger partial charge in [0, 0.05) is 0 Å². The largest absolute Gasteiger partial charge is 0.294 e. The van der Waals surface area contributed by atoms with Crippen LogP contribution in [0.5, 0.6) is 0 Å². The van der Waals surface area contributed by atoms with Gasteiger partial charge in [0.15, 0.2) is 0 Å². The minimum absolute atomic E-state index is 0.0737. The number of benzene rings is 2. The van der Waals surface area contributed by atoms with Gasteiger partial charge < -0.3 is 0 Å². The highest BCUT2D eigenvalue weighted by molar-refractivity contribution is 7.85. The average Bonchev–Trinajstić information content (AvgIpc) is 2.61. The second kappa shape index (κ2) is 10.1. The predicted molar refractivity (Wildman–Crippen MR) is 109 cm³/mol. The Labute approximate surface area is 158 Å². The average molecular weight is 377 g/mol. The van der Waals surface area contributed by atoms with Crippen LogP contribution in [-0.4, -0.2) is 13.0 Å². The van der Waals surface area contributed by atoms with Crippen molar-refractivity contribution in [3.05, 3.63) is 41.5 Å². The molecule has 0 aliphatic rings. The Morgan fingerprint density at radius 2 is 1.42 bits per heavy atom. The van der Waals surface area contributed by atoms with E-state index in [9.17, 15) is 13.0 Å². The zero-order valence-electron chi connectivity index (χ0n) is 16.1. The zero-order valence-corrected chi connectivity index (χ0v) is 16.9. The molecule has 0 aliphatic carbocycles. The maximum atomic E-state index is 11.9. The summed E-state index contributed by atoms with van der Waals surface area (Å²) in [5.41, 5.74) is 2.02. The molecule has 0 atom stereocenters. The van der Waals surface area contributed by atoms with E-state index >= 15 is 0 Å². The SMILES string of the molecule is CCCCCCc1cc2c(CCCCCC)cccc2cc1S(=O)(=O)O. The van der Waals surface area contributed by atoms with Crippen molar-refractivity contribution in [2.45, 2.75) is 83.0 Å². The van der Waals surface area contributed by atoms with Gasteiger partial charge in [-0.2, -0.15) is 8.42 Å². The topological polar surface area (TPSA) is 54.4 Å². The summed E-state index contributed by atoms with van der Waals surface area (Å²) in [4.78, 5) is 0.0737. The third-order valence-electron chi connectivity index (χ3n) is 5.03. The summed E-state index contributed by atoms with van der Waals surface area (Å²) in [5.74, 6) is 0. The van der Waals surface area contributed by atoms with Crippen molar-refractivity contribution in [3.63, 3.8) is 0 Å². The fourth-order valence-corrected chi connectivity index (χ4v) is 4.32. The summed E-state index contributed by atoms with van der Waals surface area (Å²) in [5, 5.41) is 2.02. The number of fused-ring (bicyclic) bond motifs is 1. The lowest BCUT2D eigenvalue weighted by molar-refractivity contribution is 0.482. The Kier molecular flexibility index (Phi) is 8.11. The highest BCUT2D eigenvalue weighted by atomic mass is 32.2. The summed E-state index contributed by atoms with van der Waals surface area (Å²) in [6, 6.07) is 9.70. The van der Waals surface area contributed by atoms with Gasteiger partial charge in [-0.25, -0.2) is 0 Å². The lowest BCUT2D eigenvalue weighted by Crippen LogP contribution is -2.04. The fraction of sp³-hybridized carbons (Fsp3) is 0.545. The van der Waals surface area contributed by atoms with E-state index in [0.29, 0.717) is 6.42 Å². The molecule has 0 aliphatic heterocycles. The highest BCUT2D eigenvalue weighted by Crippen LogP contribution is 2.28. The quantitative estimate of drug-likeness (QED) is 0.368. The predicted octanol–water partition coefficient (Wildman–Crippen LogP) is 6.33. The van der Waals surface area contributed by atoms with Gasteiger partial charge in [0.05, 0.1) is 4.90 Å². The van der Waals surface area contributed by atoms with E-state index in [0.717, 1.165) is 54.9 Å². The molecule has 4 heteroatoms. The van der Waals surface area contributed by atoms with Crippen LogP contribution in [0.15, 0.2) is 35.2 Å². The molecule has 0 saturated carbocycles. The van der Waals surface area contributed by atoms with Crippen molar-refractivity contribution in [1.82, 2.24) is 0 Å². The Bertz CT molecular complexity index is 809. The molecule has 3 nitrogen and oxygen atoms in total. The molecule has 0 unspecified atom stereocenters. The number of hydrogen-bond donors (Lipinski definition) is 1. The van der Waals surface area contributed by atoms with Crippen molar-refractivity contribution in [1.29, 1.82) is 0 Å². The number of aryl methyl sites for hydroxylation is 2. The minimum atomic E-state index is -4.20. The van der Waals surface area contributed by atoms with Crippen LogP contribution >= 0.6 is 0 Å². The molecule has 1 N–H and O–H groups in total. The Morgan fingerprint density at radius 1 is 0.808 bits per heavy atom. The number of unbranched alkanes of at least 4 members (excludes halogenated alkanes) is 6. The second-order valence-electron chi connectivity index (χ2n) is 7.19. The lowest BCUT2D eigenvalue weighted by atomic mass is 9.96. The first-order valence-electron chi connectivity index (χ1n) is 9.99. The first-order chi connectivity index (χ1) is 12.5. The van der Waals surface area contributed by atoms with Crippen LogP contribution in [0, 0.1) is 0 Å². The van der Waals surface area contributed by atoms with Crippen LogP contribution in [0.1, 0.15) is 76.3 Å². The maximum absolute atomic E-state index is 11.9. The Hall–Kier alpha value is -1.39. The molecular weight excluding hydrogens is 344 g/mol. The van der Waals surface area contributed by atoms with Crippen LogP contribution in [-0.2, 0) is 23.0 Å². The van der Waals surface area contributed by atoms with Crippen molar-refractivity contribution < 1.29 is 13.0 Å². The zero-order chi connectivity index (χ0) is 19.0. The summed E-state index contributed by atoms with van der Waals surface area (Å²) in [6.45, 7) is 4.37. The molecule has 144 valence electrons. The van der Waals surface area contributed by atoms with E-state index in [2.05, 4.69) is 19.9 Å². The van der Waals surface area contributed by atoms with Crippen molar-refractivity contribution in [2.24, 2.45) is 0 Å². The van der Waals surface area contributed by atoms with Gasteiger partial charge in [0.2, 0.25) is 0 Å². The van der Waals surface area contributed by atoms with Gasteiger partial charge in [-0.05, 0) is 59.7 Å². The highest BCUT2D eigenvalue weighted by Gasteiger charge is 2.17. The molecule has 0 bridgehead atoms. The van der Waals surface area contributed by atoms with E-state index in [1.165, 1.54) is 24.8 Å². The normalized spacial score (nSPS) is 12.0. The maximum Gasteiger partial charge on any atom is 0.294 e. The first kappa shape index (κ1) is 20.9. The molecule has 26 heavy (non-hydrogen) atoms. The smallest absolute Gasteiger partial charge is 0.282 e. The molecular formula is C22H32O3S. The van der Waals surface area contributed by atoms with E-state index < -0.39 is 10.1 Å². The minimum Gasteiger partial charge on any atom is -0.282 e. The molecule has 0 fully saturated rings. The van der Waals surface area contributed by atoms with Gasteiger partial charge in [-0.15, -0.1) is 0 Å². The molecule has 0 amide bonds. The van der Waals surface area contributed by atoms with Crippen LogP contribution in [0.25, 0.3) is 10.8 Å². The molecule has 0 spiro atoms. The van der Waals surface area contributed by atoms with Crippen LogP contribution in [0.3, 0.4) is 0 Å². The summed E-state index contributed by atoms with van der Waals surface area (Å²) < 4.78 is 33.4. The van der Waals surface area contributed by atoms with Crippen LogP contribution < -0.4 is 0 Å². The third kappa shape index (κ3) is 5.82. The van der Waals surface area contributed by atoms with E-state index in [1.54, 1.807) is 6.07 Å². The lowest BCUT2D eigenvalue weighted by Gasteiger charge is -2.13. The Balaban J connectivity index is 2.35. The molecule has 0 saturated heterocycles. The fourth-order valence-electron chi connectivity index (χ4n) is 3.55. The van der Waals surface area contributed by atoms with Crippen molar-refractivity contribution in [3.8, 4) is 0 Å². The van der Waals surface area contributed by atoms with Gasteiger partial charge in [0.25, 0.3) is 10.1 Å². The molecule has 2 aromatic rings. The number of hydrogen-bond acceptors (Lipinski definition) is 2. The Morgan fingerprint density at radius 3 is 2.00 bits per heavy atom. The van der Waals surface area contributed by atoms with Gasteiger partial charge in [-0.1, -0.05) is 70.6 Å². The van der Waals surface area contributed by atoms with Gasteiger partial charge >= 0.3 is 0 Å². The van der Waals surface area contributed by atoms with Crippen molar-refractivity contribution >= 4 is 20.9 Å². The molecule has 2 aromatic carbocycles. The first-order valence-corrected chi connectivity index (χ1v) is 11.4. The summed E-state index contributed by atoms with van der Waals surface area (Å²) in [7, 11) is -4.20. The van der Waals surface area contributed by atoms with Gasteiger partial charge in [0.1, 0.15) is 0 Å². The summed E-state index contributed by atoms with van der Waals surface area (Å²) >= 11 is 0. The molecule has 0 radical (unpaired) electrons. The third-order valence-corrected chi connectivity index (χ3v) is 5.96. The molecule has 0 heterocycles. The summed E-state index contributed by atoms with van der Waals surface area (Å²) in [6.07, 6.45) is 10.9. The van der Waals surface area contributed by atoms with E-state index in [1.807, 2.05) is 18.2 Å². The number of rotatable bonds is 11. The molecule has 0 aromatic heterocycles. The van der Waals surface area contributed by atoms with E-state index in [4.69, 9.17) is 0 Å². The van der Waals surface area contributed by atoms with Gasteiger partial charge in [-0.3, -0.25) is 4.55 Å². The second-order valence-corrected chi connectivity index (χ2v) is 8.58. The molecule has 2 rings (SSSR count).